The first-order valence-corrected chi connectivity index (χ1v) is 10.4. The summed E-state index contributed by atoms with van der Waals surface area (Å²) >= 11 is 0. The highest BCUT2D eigenvalue weighted by atomic mass is 16.3. The lowest BCUT2D eigenvalue weighted by Gasteiger charge is -2.41. The quantitative estimate of drug-likeness (QED) is 0.718. The first-order valence-electron chi connectivity index (χ1n) is 10.4. The molecule has 6 heteroatoms. The summed E-state index contributed by atoms with van der Waals surface area (Å²) in [5, 5.41) is 22.3. The number of phenols is 1. The minimum absolute atomic E-state index is 0.0633. The van der Waals surface area contributed by atoms with Crippen molar-refractivity contribution in [2.24, 2.45) is 5.41 Å². The number of nitriles is 1. The van der Waals surface area contributed by atoms with Gasteiger partial charge in [-0.05, 0) is 47.7 Å². The molecule has 2 aromatic rings. The second-order valence-electron chi connectivity index (χ2n) is 9.30. The van der Waals surface area contributed by atoms with Gasteiger partial charge in [0.25, 0.3) is 0 Å². The number of ketones is 3. The van der Waals surface area contributed by atoms with Crippen molar-refractivity contribution in [2.45, 2.75) is 32.6 Å². The summed E-state index contributed by atoms with van der Waals surface area (Å²) in [4.78, 5) is 40.3. The Kier molecular flexibility index (Phi) is 4.22. The van der Waals surface area contributed by atoms with Crippen molar-refractivity contribution in [3.63, 3.8) is 0 Å². The number of benzene rings is 2. The molecule has 1 aliphatic heterocycles. The van der Waals surface area contributed by atoms with Gasteiger partial charge in [0, 0.05) is 40.3 Å². The van der Waals surface area contributed by atoms with Crippen LogP contribution in [0.1, 0.15) is 64.4 Å². The molecule has 1 atom stereocenters. The van der Waals surface area contributed by atoms with Gasteiger partial charge in [0.2, 0.25) is 5.78 Å². The molecule has 0 amide bonds. The Morgan fingerprint density at radius 3 is 2.38 bits per heavy atom. The number of phenolic OH excluding ortho intramolecular Hbond substituents is 1. The van der Waals surface area contributed by atoms with Crippen LogP contribution in [0.2, 0.25) is 0 Å². The maximum absolute atomic E-state index is 13.6. The van der Waals surface area contributed by atoms with Crippen LogP contribution >= 0.6 is 0 Å². The average molecular weight is 424 g/mol. The largest absolute Gasteiger partial charge is 0.508 e. The van der Waals surface area contributed by atoms with Crippen molar-refractivity contribution in [1.82, 2.24) is 5.32 Å². The monoisotopic (exact) mass is 424 g/mol. The van der Waals surface area contributed by atoms with Crippen molar-refractivity contribution in [3.8, 4) is 11.8 Å². The third-order valence-corrected chi connectivity index (χ3v) is 6.38. The Bertz CT molecular complexity index is 1340. The fourth-order valence-electron chi connectivity index (χ4n) is 4.99. The number of nitrogens with one attached hydrogen (secondary N) is 1. The van der Waals surface area contributed by atoms with E-state index in [9.17, 15) is 24.8 Å². The number of hydrogen-bond acceptors (Lipinski definition) is 6. The zero-order valence-corrected chi connectivity index (χ0v) is 17.7. The van der Waals surface area contributed by atoms with E-state index in [1.54, 1.807) is 24.3 Å². The SMILES string of the molecule is CC1(C)CC(=O)C2=C(C1)NC1=C(C(=O)c3cc(O)ccc3C1=O)C2c1ccc(C#N)cc1. The summed E-state index contributed by atoms with van der Waals surface area (Å²) in [6.07, 6.45) is 0.907. The summed E-state index contributed by atoms with van der Waals surface area (Å²) < 4.78 is 0. The van der Waals surface area contributed by atoms with Crippen LogP contribution in [0.25, 0.3) is 0 Å². The fraction of sp³-hybridized carbons (Fsp3) is 0.231. The normalized spacial score (nSPS) is 21.4. The minimum atomic E-state index is -0.718. The summed E-state index contributed by atoms with van der Waals surface area (Å²) in [6.45, 7) is 4.01. The van der Waals surface area contributed by atoms with E-state index in [4.69, 9.17) is 0 Å². The summed E-state index contributed by atoms with van der Waals surface area (Å²) in [6, 6.07) is 12.9. The topological polar surface area (TPSA) is 107 Å². The molecule has 1 unspecified atom stereocenters. The number of aromatic hydroxyl groups is 1. The van der Waals surface area contributed by atoms with E-state index in [-0.39, 0.29) is 45.1 Å². The lowest BCUT2D eigenvalue weighted by atomic mass is 9.66. The van der Waals surface area contributed by atoms with Gasteiger partial charge in [-0.3, -0.25) is 14.4 Å². The number of carbonyl (C=O) groups is 3. The third kappa shape index (κ3) is 2.89. The van der Waals surface area contributed by atoms with Gasteiger partial charge >= 0.3 is 0 Å². The van der Waals surface area contributed by atoms with Gasteiger partial charge in [0.05, 0.1) is 17.3 Å². The van der Waals surface area contributed by atoms with E-state index in [2.05, 4.69) is 11.4 Å². The van der Waals surface area contributed by atoms with Gasteiger partial charge in [0.1, 0.15) is 5.75 Å². The molecule has 1 heterocycles. The van der Waals surface area contributed by atoms with Crippen molar-refractivity contribution < 1.29 is 19.5 Å². The minimum Gasteiger partial charge on any atom is -0.508 e. The van der Waals surface area contributed by atoms with E-state index in [0.717, 1.165) is 0 Å². The van der Waals surface area contributed by atoms with Gasteiger partial charge in [-0.15, -0.1) is 0 Å². The van der Waals surface area contributed by atoms with Gasteiger partial charge in [0.15, 0.2) is 11.6 Å². The Hall–Kier alpha value is -3.98. The molecule has 6 nitrogen and oxygen atoms in total. The van der Waals surface area contributed by atoms with Crippen molar-refractivity contribution in [2.75, 3.05) is 0 Å². The second-order valence-corrected chi connectivity index (χ2v) is 9.30. The van der Waals surface area contributed by atoms with Crippen LogP contribution in [0.4, 0.5) is 0 Å². The van der Waals surface area contributed by atoms with Crippen molar-refractivity contribution in [1.29, 1.82) is 5.26 Å². The van der Waals surface area contributed by atoms with Gasteiger partial charge in [-0.2, -0.15) is 5.26 Å². The molecule has 32 heavy (non-hydrogen) atoms. The van der Waals surface area contributed by atoms with E-state index in [1.165, 1.54) is 18.2 Å². The molecule has 2 N–H and O–H groups in total. The van der Waals surface area contributed by atoms with Gasteiger partial charge in [-0.1, -0.05) is 26.0 Å². The lowest BCUT2D eigenvalue weighted by molar-refractivity contribution is -0.118. The highest BCUT2D eigenvalue weighted by Crippen LogP contribution is 2.49. The Morgan fingerprint density at radius 2 is 1.69 bits per heavy atom. The molecule has 3 aliphatic rings. The van der Waals surface area contributed by atoms with Crippen molar-refractivity contribution in [3.05, 3.63) is 87.3 Å². The Labute approximate surface area is 184 Å². The molecule has 2 aromatic carbocycles. The lowest BCUT2D eigenvalue weighted by Crippen LogP contribution is -2.42. The highest BCUT2D eigenvalue weighted by Gasteiger charge is 2.47. The summed E-state index contributed by atoms with van der Waals surface area (Å²) in [5.74, 6) is -1.62. The van der Waals surface area contributed by atoms with Crippen LogP contribution in [0.15, 0.2) is 65.0 Å². The standard InChI is InChI=1S/C26H20N2O4/c1-26(2)10-18-21(19(30)11-26)20(14-5-3-13(12-27)4-6-14)22-23(28-18)25(32)16-8-7-15(29)9-17(16)24(22)31/h3-9,20,28-29H,10-11H2,1-2H3. The molecule has 0 bridgehead atoms. The number of nitrogens with zero attached hydrogens (tertiary/aromatic N) is 1. The zero-order valence-electron chi connectivity index (χ0n) is 17.7. The van der Waals surface area contributed by atoms with Crippen LogP contribution in [0.5, 0.6) is 5.75 Å². The fourth-order valence-corrected chi connectivity index (χ4v) is 4.99. The molecule has 158 valence electrons. The number of Topliss-reactive ketones (excluding diaryl/α,β-unsaturated/α-hetero) is 3. The second kappa shape index (κ2) is 6.76. The smallest absolute Gasteiger partial charge is 0.210 e. The van der Waals surface area contributed by atoms with Crippen LogP contribution in [-0.4, -0.2) is 22.5 Å². The number of dihydropyridines is 1. The number of carbonyl (C=O) groups excluding carboxylic acids is 3. The molecule has 0 saturated carbocycles. The van der Waals surface area contributed by atoms with E-state index in [1.807, 2.05) is 13.8 Å². The molecule has 5 rings (SSSR count). The van der Waals surface area contributed by atoms with Crippen LogP contribution in [-0.2, 0) is 4.79 Å². The Balaban J connectivity index is 1.75. The van der Waals surface area contributed by atoms with E-state index in [0.29, 0.717) is 35.2 Å². The number of rotatable bonds is 1. The molecule has 0 spiro atoms. The predicted octanol–water partition coefficient (Wildman–Crippen LogP) is 3.93. The molecule has 2 aliphatic carbocycles. The van der Waals surface area contributed by atoms with Crippen LogP contribution in [0.3, 0.4) is 0 Å². The number of allylic oxidation sites excluding steroid dienone is 4. The Morgan fingerprint density at radius 1 is 0.969 bits per heavy atom. The summed E-state index contributed by atoms with van der Waals surface area (Å²) in [5.41, 5.74) is 2.77. The molecular weight excluding hydrogens is 404 g/mol. The first-order chi connectivity index (χ1) is 15.2. The van der Waals surface area contributed by atoms with Crippen LogP contribution in [0, 0.1) is 16.7 Å². The molecule has 0 saturated heterocycles. The predicted molar refractivity (Wildman–Crippen MR) is 116 cm³/mol. The van der Waals surface area contributed by atoms with Gasteiger partial charge < -0.3 is 10.4 Å². The average Bonchev–Trinajstić information content (AvgIpc) is 2.75. The van der Waals surface area contributed by atoms with E-state index >= 15 is 0 Å². The molecule has 0 radical (unpaired) electrons. The first kappa shape index (κ1) is 20.0. The van der Waals surface area contributed by atoms with Gasteiger partial charge in [-0.25, -0.2) is 0 Å². The molecule has 0 aromatic heterocycles. The maximum atomic E-state index is 13.6. The zero-order chi connectivity index (χ0) is 22.8. The molecular formula is C26H20N2O4. The molecule has 0 fully saturated rings. The van der Waals surface area contributed by atoms with Crippen molar-refractivity contribution >= 4 is 17.3 Å². The number of fused-ring (bicyclic) bond motifs is 1. The number of hydrogen-bond donors (Lipinski definition) is 2. The highest BCUT2D eigenvalue weighted by molar-refractivity contribution is 6.28. The van der Waals surface area contributed by atoms with E-state index < -0.39 is 11.7 Å². The summed E-state index contributed by atoms with van der Waals surface area (Å²) in [7, 11) is 0. The van der Waals surface area contributed by atoms with Crippen LogP contribution < -0.4 is 5.32 Å². The maximum Gasteiger partial charge on any atom is 0.210 e. The third-order valence-electron chi connectivity index (χ3n) is 6.38.